The van der Waals surface area contributed by atoms with Crippen molar-refractivity contribution in [2.45, 2.75) is 0 Å². The van der Waals surface area contributed by atoms with Crippen LogP contribution in [0.2, 0.25) is 0 Å². The van der Waals surface area contributed by atoms with Gasteiger partial charge in [0, 0.05) is 0 Å². The summed E-state index contributed by atoms with van der Waals surface area (Å²) in [5.41, 5.74) is 0.737. The molecule has 0 bridgehead atoms. The van der Waals surface area contributed by atoms with Gasteiger partial charge in [-0.3, -0.25) is 0 Å². The molecule has 2 aromatic rings. The van der Waals surface area contributed by atoms with Crippen LogP contribution in [0.25, 0.3) is 0 Å². The first kappa shape index (κ1) is 16.2. The minimum Gasteiger partial charge on any atom is -0.493 e. The van der Waals surface area contributed by atoms with Crippen LogP contribution in [0.5, 0.6) is 23.0 Å². The fraction of sp³-hybridized carbons (Fsp3) is 0.176. The Morgan fingerprint density at radius 1 is 0.957 bits per heavy atom. The first-order chi connectivity index (χ1) is 11.1. The van der Waals surface area contributed by atoms with Gasteiger partial charge in [0.05, 0.1) is 38.5 Å². The number of methoxy groups -OCH3 is 3. The number of benzene rings is 2. The van der Waals surface area contributed by atoms with Gasteiger partial charge in [-0.25, -0.2) is 4.79 Å². The third-order valence-corrected chi connectivity index (χ3v) is 3.09. The van der Waals surface area contributed by atoms with Gasteiger partial charge in [0.15, 0.2) is 11.5 Å². The number of esters is 1. The molecular formula is C17H15NO5. The molecule has 6 nitrogen and oxygen atoms in total. The minimum atomic E-state index is -0.575. The third-order valence-electron chi connectivity index (χ3n) is 3.09. The summed E-state index contributed by atoms with van der Waals surface area (Å²) in [6.45, 7) is 0. The smallest absolute Gasteiger partial charge is 0.343 e. The Morgan fingerprint density at radius 2 is 1.52 bits per heavy atom. The van der Waals surface area contributed by atoms with Crippen LogP contribution in [0.3, 0.4) is 0 Å². The van der Waals surface area contributed by atoms with Crippen LogP contribution in [-0.2, 0) is 0 Å². The average Bonchev–Trinajstić information content (AvgIpc) is 2.60. The molecule has 0 aliphatic rings. The number of nitriles is 1. The molecule has 0 spiro atoms. The van der Waals surface area contributed by atoms with Gasteiger partial charge in [0.2, 0.25) is 5.75 Å². The SMILES string of the molecule is COc1cc(C(=O)Oc2ccc(C#N)cc2)cc(OC)c1OC. The highest BCUT2D eigenvalue weighted by atomic mass is 16.5. The van der Waals surface area contributed by atoms with Gasteiger partial charge in [0.25, 0.3) is 0 Å². The van der Waals surface area contributed by atoms with Crippen molar-refractivity contribution in [2.75, 3.05) is 21.3 Å². The monoisotopic (exact) mass is 313 g/mol. The lowest BCUT2D eigenvalue weighted by molar-refractivity contribution is 0.0734. The molecule has 0 fully saturated rings. The number of carbonyl (C=O) groups is 1. The Labute approximate surface area is 133 Å². The molecule has 0 atom stereocenters. The van der Waals surface area contributed by atoms with E-state index in [0.29, 0.717) is 28.6 Å². The number of ether oxygens (including phenoxy) is 4. The summed E-state index contributed by atoms with van der Waals surface area (Å²) in [7, 11) is 4.41. The lowest BCUT2D eigenvalue weighted by Crippen LogP contribution is -2.09. The third kappa shape index (κ3) is 3.52. The largest absolute Gasteiger partial charge is 0.493 e. The van der Waals surface area contributed by atoms with E-state index in [0.717, 1.165) is 0 Å². The topological polar surface area (TPSA) is 77.8 Å². The first-order valence-electron chi connectivity index (χ1n) is 6.65. The maximum atomic E-state index is 12.3. The van der Waals surface area contributed by atoms with E-state index < -0.39 is 5.97 Å². The second kappa shape index (κ2) is 7.18. The zero-order valence-corrected chi connectivity index (χ0v) is 13.0. The van der Waals surface area contributed by atoms with E-state index >= 15 is 0 Å². The lowest BCUT2D eigenvalue weighted by Gasteiger charge is -2.13. The second-order valence-corrected chi connectivity index (χ2v) is 4.44. The molecule has 0 N–H and O–H groups in total. The Balaban J connectivity index is 2.29. The van der Waals surface area contributed by atoms with Crippen molar-refractivity contribution in [3.05, 3.63) is 47.5 Å². The van der Waals surface area contributed by atoms with E-state index in [1.54, 1.807) is 24.3 Å². The summed E-state index contributed by atoms with van der Waals surface area (Å²) >= 11 is 0. The zero-order chi connectivity index (χ0) is 16.8. The van der Waals surface area contributed by atoms with Gasteiger partial charge >= 0.3 is 5.97 Å². The number of hydrogen-bond donors (Lipinski definition) is 0. The van der Waals surface area contributed by atoms with Crippen LogP contribution >= 0.6 is 0 Å². The van der Waals surface area contributed by atoms with Gasteiger partial charge in [-0.15, -0.1) is 0 Å². The van der Waals surface area contributed by atoms with E-state index in [4.69, 9.17) is 24.2 Å². The predicted molar refractivity (Wildman–Crippen MR) is 82.2 cm³/mol. The van der Waals surface area contributed by atoms with E-state index in [-0.39, 0.29) is 5.56 Å². The maximum absolute atomic E-state index is 12.3. The fourth-order valence-electron chi connectivity index (χ4n) is 1.96. The summed E-state index contributed by atoms with van der Waals surface area (Å²) in [4.78, 5) is 12.3. The Morgan fingerprint density at radius 3 is 1.96 bits per heavy atom. The molecule has 0 saturated heterocycles. The van der Waals surface area contributed by atoms with E-state index in [9.17, 15) is 4.79 Å². The van der Waals surface area contributed by atoms with Crippen molar-refractivity contribution >= 4 is 5.97 Å². The number of nitrogens with zero attached hydrogens (tertiary/aromatic N) is 1. The van der Waals surface area contributed by atoms with Gasteiger partial charge in [-0.1, -0.05) is 0 Å². The van der Waals surface area contributed by atoms with E-state index in [1.165, 1.54) is 33.5 Å². The van der Waals surface area contributed by atoms with Crippen LogP contribution in [-0.4, -0.2) is 27.3 Å². The molecule has 0 saturated carbocycles. The van der Waals surface area contributed by atoms with Crippen LogP contribution in [0, 0.1) is 11.3 Å². The Kier molecular flexibility index (Phi) is 5.05. The van der Waals surface area contributed by atoms with Crippen LogP contribution in [0.4, 0.5) is 0 Å². The number of rotatable bonds is 5. The van der Waals surface area contributed by atoms with Crippen molar-refractivity contribution in [3.8, 4) is 29.1 Å². The summed E-state index contributed by atoms with van der Waals surface area (Å²) in [5.74, 6) is 0.874. The van der Waals surface area contributed by atoms with Crippen molar-refractivity contribution in [3.63, 3.8) is 0 Å². The number of carbonyl (C=O) groups excluding carboxylic acids is 1. The molecule has 0 amide bonds. The van der Waals surface area contributed by atoms with Crippen molar-refractivity contribution < 1.29 is 23.7 Å². The van der Waals surface area contributed by atoms with Gasteiger partial charge in [-0.2, -0.15) is 5.26 Å². The molecule has 0 heterocycles. The molecule has 0 unspecified atom stereocenters. The molecule has 2 aromatic carbocycles. The quantitative estimate of drug-likeness (QED) is 0.624. The van der Waals surface area contributed by atoms with Crippen molar-refractivity contribution in [1.29, 1.82) is 5.26 Å². The maximum Gasteiger partial charge on any atom is 0.343 e. The molecule has 2 rings (SSSR count). The molecule has 0 aliphatic carbocycles. The van der Waals surface area contributed by atoms with E-state index in [1.807, 2.05) is 6.07 Å². The second-order valence-electron chi connectivity index (χ2n) is 4.44. The zero-order valence-electron chi connectivity index (χ0n) is 13.0. The average molecular weight is 313 g/mol. The van der Waals surface area contributed by atoms with Crippen LogP contribution in [0.1, 0.15) is 15.9 Å². The summed E-state index contributed by atoms with van der Waals surface area (Å²) < 4.78 is 20.9. The summed E-state index contributed by atoms with van der Waals surface area (Å²) in [5, 5.41) is 8.76. The Bertz CT molecular complexity index is 722. The highest BCUT2D eigenvalue weighted by molar-refractivity contribution is 5.92. The van der Waals surface area contributed by atoms with Crippen molar-refractivity contribution in [2.24, 2.45) is 0 Å². The molecule has 6 heteroatoms. The van der Waals surface area contributed by atoms with Gasteiger partial charge in [0.1, 0.15) is 5.75 Å². The highest BCUT2D eigenvalue weighted by Gasteiger charge is 2.18. The molecule has 0 radical (unpaired) electrons. The number of hydrogen-bond acceptors (Lipinski definition) is 6. The molecule has 23 heavy (non-hydrogen) atoms. The molecule has 0 aliphatic heterocycles. The highest BCUT2D eigenvalue weighted by Crippen LogP contribution is 2.38. The molecular weight excluding hydrogens is 298 g/mol. The summed E-state index contributed by atoms with van der Waals surface area (Å²) in [6.07, 6.45) is 0. The van der Waals surface area contributed by atoms with Crippen LogP contribution < -0.4 is 18.9 Å². The van der Waals surface area contributed by atoms with Gasteiger partial charge in [-0.05, 0) is 36.4 Å². The Hall–Kier alpha value is -3.20. The van der Waals surface area contributed by atoms with E-state index in [2.05, 4.69) is 0 Å². The minimum absolute atomic E-state index is 0.254. The predicted octanol–water partition coefficient (Wildman–Crippen LogP) is 2.80. The summed E-state index contributed by atoms with van der Waals surface area (Å²) in [6, 6.07) is 11.2. The van der Waals surface area contributed by atoms with Gasteiger partial charge < -0.3 is 18.9 Å². The van der Waals surface area contributed by atoms with Crippen LogP contribution in [0.15, 0.2) is 36.4 Å². The lowest BCUT2D eigenvalue weighted by atomic mass is 10.2. The molecule has 118 valence electrons. The fourth-order valence-corrected chi connectivity index (χ4v) is 1.96. The first-order valence-corrected chi connectivity index (χ1v) is 6.65. The standard InChI is InChI=1S/C17H15NO5/c1-20-14-8-12(9-15(21-2)16(14)22-3)17(19)23-13-6-4-11(10-18)5-7-13/h4-9H,1-3H3. The normalized spacial score (nSPS) is 9.65. The van der Waals surface area contributed by atoms with Crippen molar-refractivity contribution in [1.82, 2.24) is 0 Å². The molecule has 0 aromatic heterocycles.